The molecule has 1 aliphatic carbocycles. The number of aromatic nitrogens is 3. The van der Waals surface area contributed by atoms with E-state index in [1.165, 1.54) is 11.8 Å². The Morgan fingerprint density at radius 2 is 2.38 bits per heavy atom. The second kappa shape index (κ2) is 6.23. The Morgan fingerprint density at radius 1 is 1.67 bits per heavy atom. The van der Waals surface area contributed by atoms with E-state index in [4.69, 9.17) is 0 Å². The third kappa shape index (κ3) is 3.32. The van der Waals surface area contributed by atoms with E-state index in [9.17, 15) is 14.7 Å². The lowest BCUT2D eigenvalue weighted by molar-refractivity contribution is -0.145. The van der Waals surface area contributed by atoms with Crippen LogP contribution in [0.25, 0.3) is 0 Å². The summed E-state index contributed by atoms with van der Waals surface area (Å²) in [5.74, 6) is -0.797. The lowest BCUT2D eigenvalue weighted by Gasteiger charge is -2.28. The van der Waals surface area contributed by atoms with Crippen molar-refractivity contribution in [2.24, 2.45) is 0 Å². The van der Waals surface area contributed by atoms with E-state index < -0.39 is 11.5 Å². The summed E-state index contributed by atoms with van der Waals surface area (Å²) in [6.45, 7) is 6.34. The highest BCUT2D eigenvalue weighted by atomic mass is 32.2. The molecule has 0 amide bonds. The Labute approximate surface area is 127 Å². The number of aliphatic carboxylic acids is 1. The van der Waals surface area contributed by atoms with Gasteiger partial charge in [0.25, 0.3) is 0 Å². The zero-order chi connectivity index (χ0) is 15.6. The van der Waals surface area contributed by atoms with Gasteiger partial charge in [-0.05, 0) is 40.0 Å². The molecule has 2 atom stereocenters. The van der Waals surface area contributed by atoms with Crippen molar-refractivity contribution >= 4 is 17.7 Å². The maximum absolute atomic E-state index is 11.6. The fraction of sp³-hybridized carbons (Fsp3) is 0.769. The predicted octanol–water partition coefficient (Wildman–Crippen LogP) is 1.06. The fourth-order valence-corrected chi connectivity index (χ4v) is 4.20. The highest BCUT2D eigenvalue weighted by Gasteiger charge is 2.46. The number of H-pyrrole nitrogens is 1. The van der Waals surface area contributed by atoms with Crippen molar-refractivity contribution in [2.75, 3.05) is 0 Å². The molecular weight excluding hydrogens is 292 g/mol. The molecule has 8 heteroatoms. The molecule has 2 rings (SSSR count). The summed E-state index contributed by atoms with van der Waals surface area (Å²) in [7, 11) is 0. The quantitative estimate of drug-likeness (QED) is 0.726. The third-order valence-electron chi connectivity index (χ3n) is 3.76. The van der Waals surface area contributed by atoms with Crippen molar-refractivity contribution in [1.29, 1.82) is 0 Å². The molecule has 1 aromatic heterocycles. The van der Waals surface area contributed by atoms with Gasteiger partial charge < -0.3 is 5.11 Å². The van der Waals surface area contributed by atoms with E-state index in [1.54, 1.807) is 4.57 Å². The summed E-state index contributed by atoms with van der Waals surface area (Å²) in [4.78, 5) is 23.2. The van der Waals surface area contributed by atoms with Crippen LogP contribution in [0, 0.1) is 0 Å². The molecule has 3 N–H and O–H groups in total. The SMILES string of the molecule is CCn1c(SC2CCC(NC(C)C)(C(=O)O)C2)n[nH]c1=O. The minimum Gasteiger partial charge on any atom is -0.480 e. The number of aromatic amines is 1. The summed E-state index contributed by atoms with van der Waals surface area (Å²) in [6, 6.07) is 0.115. The van der Waals surface area contributed by atoms with E-state index in [2.05, 4.69) is 15.5 Å². The van der Waals surface area contributed by atoms with Crippen LogP contribution in [-0.2, 0) is 11.3 Å². The Bertz CT molecular complexity index is 568. The number of thioether (sulfide) groups is 1. The average Bonchev–Trinajstić information content (AvgIpc) is 2.95. The number of nitrogens with one attached hydrogen (secondary N) is 2. The van der Waals surface area contributed by atoms with Crippen LogP contribution in [0.2, 0.25) is 0 Å². The van der Waals surface area contributed by atoms with Gasteiger partial charge in [0.15, 0.2) is 5.16 Å². The number of carboxylic acids is 1. The van der Waals surface area contributed by atoms with Gasteiger partial charge in [0.2, 0.25) is 0 Å². The van der Waals surface area contributed by atoms with E-state index in [-0.39, 0.29) is 17.0 Å². The summed E-state index contributed by atoms with van der Waals surface area (Å²) in [5, 5.41) is 20.0. The molecule has 21 heavy (non-hydrogen) atoms. The number of carboxylic acid groups (broad SMARTS) is 1. The maximum Gasteiger partial charge on any atom is 0.343 e. The minimum atomic E-state index is -0.862. The molecule has 1 heterocycles. The van der Waals surface area contributed by atoms with Gasteiger partial charge >= 0.3 is 11.7 Å². The number of hydrogen-bond acceptors (Lipinski definition) is 5. The minimum absolute atomic E-state index is 0.115. The number of nitrogens with zero attached hydrogens (tertiary/aromatic N) is 2. The van der Waals surface area contributed by atoms with Crippen molar-refractivity contribution in [3.05, 3.63) is 10.5 Å². The number of hydrogen-bond donors (Lipinski definition) is 3. The second-order valence-electron chi connectivity index (χ2n) is 5.72. The lowest BCUT2D eigenvalue weighted by Crippen LogP contribution is -2.53. The molecule has 118 valence electrons. The van der Waals surface area contributed by atoms with Crippen LogP contribution in [-0.4, -0.2) is 42.7 Å². The van der Waals surface area contributed by atoms with Crippen LogP contribution in [0.15, 0.2) is 9.95 Å². The van der Waals surface area contributed by atoms with Gasteiger partial charge in [0, 0.05) is 17.8 Å². The van der Waals surface area contributed by atoms with Gasteiger partial charge in [-0.25, -0.2) is 9.89 Å². The third-order valence-corrected chi connectivity index (χ3v) is 5.01. The van der Waals surface area contributed by atoms with E-state index >= 15 is 0 Å². The Balaban J connectivity index is 2.10. The molecule has 0 saturated heterocycles. The summed E-state index contributed by atoms with van der Waals surface area (Å²) in [6.07, 6.45) is 1.93. The Kier molecular flexibility index (Phi) is 4.77. The van der Waals surface area contributed by atoms with Gasteiger partial charge in [0.05, 0.1) is 0 Å². The molecule has 1 aliphatic rings. The van der Waals surface area contributed by atoms with E-state index in [0.717, 1.165) is 6.42 Å². The first kappa shape index (κ1) is 16.1. The molecule has 0 aliphatic heterocycles. The van der Waals surface area contributed by atoms with Crippen LogP contribution in [0.5, 0.6) is 0 Å². The number of rotatable bonds is 6. The van der Waals surface area contributed by atoms with Crippen LogP contribution < -0.4 is 11.0 Å². The molecule has 1 fully saturated rings. The van der Waals surface area contributed by atoms with Crippen molar-refractivity contribution in [3.63, 3.8) is 0 Å². The molecule has 7 nitrogen and oxygen atoms in total. The standard InChI is InChI=1S/C13H22N4O3S/c1-4-17-11(20)15-16-12(17)21-9-5-6-13(7-9,10(18)19)14-8(2)3/h8-9,14H,4-7H2,1-3H3,(H,15,20)(H,18,19). The van der Waals surface area contributed by atoms with Crippen LogP contribution in [0.3, 0.4) is 0 Å². The molecule has 0 spiro atoms. The second-order valence-corrected chi connectivity index (χ2v) is 6.99. The normalized spacial score (nSPS) is 25.6. The van der Waals surface area contributed by atoms with Gasteiger partial charge in [-0.2, -0.15) is 0 Å². The van der Waals surface area contributed by atoms with Crippen molar-refractivity contribution in [1.82, 2.24) is 20.1 Å². The van der Waals surface area contributed by atoms with Gasteiger partial charge in [-0.1, -0.05) is 11.8 Å². The maximum atomic E-state index is 11.6. The van der Waals surface area contributed by atoms with E-state index in [0.29, 0.717) is 24.5 Å². The van der Waals surface area contributed by atoms with Crippen LogP contribution >= 0.6 is 11.8 Å². The van der Waals surface area contributed by atoms with Gasteiger partial charge in [0.1, 0.15) is 5.54 Å². The molecule has 0 aromatic carbocycles. The molecule has 0 radical (unpaired) electrons. The monoisotopic (exact) mass is 314 g/mol. The largest absolute Gasteiger partial charge is 0.480 e. The lowest BCUT2D eigenvalue weighted by atomic mass is 9.97. The highest BCUT2D eigenvalue weighted by Crippen LogP contribution is 2.39. The van der Waals surface area contributed by atoms with Crippen molar-refractivity contribution in [3.8, 4) is 0 Å². The first-order valence-corrected chi connectivity index (χ1v) is 8.09. The van der Waals surface area contributed by atoms with Crippen LogP contribution in [0.1, 0.15) is 40.0 Å². The average molecular weight is 314 g/mol. The van der Waals surface area contributed by atoms with Gasteiger partial charge in [-0.15, -0.1) is 5.10 Å². The molecule has 0 bridgehead atoms. The van der Waals surface area contributed by atoms with E-state index in [1.807, 2.05) is 20.8 Å². The Hall–Kier alpha value is -1.28. The van der Waals surface area contributed by atoms with Crippen LogP contribution in [0.4, 0.5) is 0 Å². The first-order chi connectivity index (χ1) is 9.88. The number of carbonyl (C=O) groups is 1. The predicted molar refractivity (Wildman–Crippen MR) is 80.7 cm³/mol. The molecule has 1 aromatic rings. The molecule has 2 unspecified atom stereocenters. The molecular formula is C13H22N4O3S. The summed E-state index contributed by atoms with van der Waals surface area (Å²) in [5.41, 5.74) is -1.08. The van der Waals surface area contributed by atoms with Crippen molar-refractivity contribution in [2.45, 2.75) is 68.6 Å². The Morgan fingerprint density at radius 3 is 2.95 bits per heavy atom. The zero-order valence-corrected chi connectivity index (χ0v) is 13.4. The highest BCUT2D eigenvalue weighted by molar-refractivity contribution is 7.99. The topological polar surface area (TPSA) is 100 Å². The smallest absolute Gasteiger partial charge is 0.343 e. The zero-order valence-electron chi connectivity index (χ0n) is 12.5. The summed E-state index contributed by atoms with van der Waals surface area (Å²) < 4.78 is 1.57. The van der Waals surface area contributed by atoms with Gasteiger partial charge in [-0.3, -0.25) is 14.7 Å². The first-order valence-electron chi connectivity index (χ1n) is 7.21. The fourth-order valence-electron chi connectivity index (χ4n) is 2.86. The van der Waals surface area contributed by atoms with Crippen molar-refractivity contribution < 1.29 is 9.90 Å². The molecule has 1 saturated carbocycles. The summed E-state index contributed by atoms with van der Waals surface area (Å²) >= 11 is 1.49.